The molecule has 0 atom stereocenters. The smallest absolute Gasteiger partial charge is 0.244 e. The molecule has 2 aromatic rings. The van der Waals surface area contributed by atoms with Gasteiger partial charge in [-0.25, -0.2) is 0 Å². The van der Waals surface area contributed by atoms with Crippen molar-refractivity contribution in [2.75, 3.05) is 24.1 Å². The average Bonchev–Trinajstić information content (AvgIpc) is 2.62. The van der Waals surface area contributed by atoms with Gasteiger partial charge in [-0.2, -0.15) is 0 Å². The molecule has 0 fully saturated rings. The highest BCUT2D eigenvalue weighted by Gasteiger charge is 2.17. The van der Waals surface area contributed by atoms with E-state index in [0.29, 0.717) is 25.1 Å². The van der Waals surface area contributed by atoms with Gasteiger partial charge in [0.05, 0.1) is 6.54 Å². The van der Waals surface area contributed by atoms with Crippen molar-refractivity contribution < 1.29 is 9.59 Å². The van der Waals surface area contributed by atoms with Gasteiger partial charge in [-0.05, 0) is 49.9 Å². The van der Waals surface area contributed by atoms with Crippen molar-refractivity contribution in [3.05, 3.63) is 59.2 Å². The van der Waals surface area contributed by atoms with E-state index in [2.05, 4.69) is 5.32 Å². The number of hydrogen-bond donors (Lipinski definition) is 2. The first-order valence-corrected chi connectivity index (χ1v) is 8.89. The van der Waals surface area contributed by atoms with Gasteiger partial charge in [0.1, 0.15) is 0 Å². The second kappa shape index (κ2) is 9.04. The van der Waals surface area contributed by atoms with E-state index in [0.717, 1.165) is 22.4 Å². The van der Waals surface area contributed by atoms with E-state index < -0.39 is 0 Å². The van der Waals surface area contributed by atoms with Crippen LogP contribution in [-0.4, -0.2) is 29.8 Å². The molecule has 0 aliphatic rings. The van der Waals surface area contributed by atoms with E-state index in [1.807, 2.05) is 63.2 Å². The maximum Gasteiger partial charge on any atom is 0.244 e. The molecule has 5 heteroatoms. The van der Waals surface area contributed by atoms with Crippen LogP contribution >= 0.6 is 0 Å². The Hall–Kier alpha value is -2.82. The molecule has 0 bridgehead atoms. The van der Waals surface area contributed by atoms with Crippen molar-refractivity contribution in [2.45, 2.75) is 33.6 Å². The van der Waals surface area contributed by atoms with Gasteiger partial charge in [0.2, 0.25) is 11.8 Å². The van der Waals surface area contributed by atoms with Gasteiger partial charge in [0, 0.05) is 24.3 Å². The summed E-state index contributed by atoms with van der Waals surface area (Å²) in [4.78, 5) is 26.5. The van der Waals surface area contributed by atoms with Crippen LogP contribution in [-0.2, 0) is 16.0 Å². The molecule has 0 heterocycles. The Morgan fingerprint density at radius 3 is 2.31 bits per heavy atom. The van der Waals surface area contributed by atoms with Crippen molar-refractivity contribution in [1.29, 1.82) is 0 Å². The summed E-state index contributed by atoms with van der Waals surface area (Å²) in [7, 11) is 0. The number of nitrogen functional groups attached to an aromatic ring is 1. The van der Waals surface area contributed by atoms with Crippen LogP contribution in [0.4, 0.5) is 11.4 Å². The summed E-state index contributed by atoms with van der Waals surface area (Å²) >= 11 is 0. The van der Waals surface area contributed by atoms with E-state index in [-0.39, 0.29) is 18.4 Å². The molecule has 0 aromatic heterocycles. The topological polar surface area (TPSA) is 75.4 Å². The fourth-order valence-electron chi connectivity index (χ4n) is 2.90. The maximum absolute atomic E-state index is 12.5. The molecule has 2 amide bonds. The highest BCUT2D eigenvalue weighted by molar-refractivity contribution is 5.95. The Labute approximate surface area is 155 Å². The predicted octanol–water partition coefficient (Wildman–Crippen LogP) is 3.31. The number of carbonyl (C=O) groups excluding carboxylic acids is 2. The van der Waals surface area contributed by atoms with Gasteiger partial charge in [0.15, 0.2) is 0 Å². The number of nitrogens with two attached hydrogens (primary N) is 1. The fraction of sp³-hybridized carbons (Fsp3) is 0.333. The minimum atomic E-state index is -0.183. The lowest BCUT2D eigenvalue weighted by molar-refractivity contribution is -0.134. The van der Waals surface area contributed by atoms with E-state index in [4.69, 9.17) is 5.73 Å². The molecular formula is C21H27N3O2. The monoisotopic (exact) mass is 353 g/mol. The molecule has 0 aliphatic carbocycles. The summed E-state index contributed by atoms with van der Waals surface area (Å²) in [6.45, 7) is 6.32. The van der Waals surface area contributed by atoms with Gasteiger partial charge >= 0.3 is 0 Å². The van der Waals surface area contributed by atoms with Gasteiger partial charge in [-0.1, -0.05) is 36.4 Å². The van der Waals surface area contributed by atoms with Crippen LogP contribution in [0.5, 0.6) is 0 Å². The van der Waals surface area contributed by atoms with E-state index >= 15 is 0 Å². The number of carbonyl (C=O) groups is 2. The number of hydrogen-bond acceptors (Lipinski definition) is 3. The molecule has 2 rings (SSSR count). The summed E-state index contributed by atoms with van der Waals surface area (Å²) in [5, 5.41) is 2.93. The van der Waals surface area contributed by atoms with Crippen molar-refractivity contribution in [3.63, 3.8) is 0 Å². The van der Waals surface area contributed by atoms with Crippen molar-refractivity contribution in [1.82, 2.24) is 4.90 Å². The number of nitrogens with zero attached hydrogens (tertiary/aromatic N) is 1. The minimum Gasteiger partial charge on any atom is -0.399 e. The third-order valence-electron chi connectivity index (χ3n) is 4.48. The van der Waals surface area contributed by atoms with Gasteiger partial charge in [-0.3, -0.25) is 9.59 Å². The third-order valence-corrected chi connectivity index (χ3v) is 4.48. The molecule has 0 saturated carbocycles. The summed E-state index contributed by atoms with van der Waals surface area (Å²) in [5.41, 5.74) is 10.4. The molecule has 0 spiro atoms. The Bertz CT molecular complexity index is 766. The number of likely N-dealkylation sites (N-methyl/N-ethyl adjacent to an activating group) is 1. The SMILES string of the molecule is CCN(CC(=O)Nc1c(C)cccc1C)C(=O)CCc1ccccc1N. The lowest BCUT2D eigenvalue weighted by Gasteiger charge is -2.21. The van der Waals surface area contributed by atoms with E-state index in [9.17, 15) is 9.59 Å². The Kier molecular flexibility index (Phi) is 6.78. The number of amides is 2. The zero-order chi connectivity index (χ0) is 19.1. The number of aryl methyl sites for hydroxylation is 3. The van der Waals surface area contributed by atoms with Gasteiger partial charge < -0.3 is 16.0 Å². The summed E-state index contributed by atoms with van der Waals surface area (Å²) in [6.07, 6.45) is 0.902. The van der Waals surface area contributed by atoms with Crippen LogP contribution in [0.15, 0.2) is 42.5 Å². The predicted molar refractivity (Wildman–Crippen MR) is 106 cm³/mol. The molecule has 2 aromatic carbocycles. The minimum absolute atomic E-state index is 0.0487. The number of nitrogens with one attached hydrogen (secondary N) is 1. The highest BCUT2D eigenvalue weighted by Crippen LogP contribution is 2.19. The lowest BCUT2D eigenvalue weighted by Crippen LogP contribution is -2.38. The quantitative estimate of drug-likeness (QED) is 0.750. The van der Waals surface area contributed by atoms with Crippen LogP contribution in [0.1, 0.15) is 30.0 Å². The highest BCUT2D eigenvalue weighted by atomic mass is 16.2. The molecule has 138 valence electrons. The normalized spacial score (nSPS) is 10.4. The summed E-state index contributed by atoms with van der Waals surface area (Å²) in [5.74, 6) is -0.232. The second-order valence-electron chi connectivity index (χ2n) is 6.42. The third kappa shape index (κ3) is 5.09. The van der Waals surface area contributed by atoms with Crippen LogP contribution in [0.3, 0.4) is 0 Å². The van der Waals surface area contributed by atoms with Crippen molar-refractivity contribution in [2.24, 2.45) is 0 Å². The number of anilines is 2. The molecule has 3 N–H and O–H groups in total. The molecule has 5 nitrogen and oxygen atoms in total. The standard InChI is InChI=1S/C21H27N3O2/c1-4-24(20(26)13-12-17-10-5-6-11-18(17)22)14-19(25)23-21-15(2)8-7-9-16(21)3/h5-11H,4,12-14,22H2,1-3H3,(H,23,25). The van der Waals surface area contributed by atoms with E-state index in [1.54, 1.807) is 4.90 Å². The van der Waals surface area contributed by atoms with Gasteiger partial charge in [-0.15, -0.1) is 0 Å². The molecule has 0 aliphatic heterocycles. The molecule has 26 heavy (non-hydrogen) atoms. The molecule has 0 unspecified atom stereocenters. The van der Waals surface area contributed by atoms with Crippen molar-refractivity contribution in [3.8, 4) is 0 Å². The number of para-hydroxylation sites is 2. The van der Waals surface area contributed by atoms with Gasteiger partial charge in [0.25, 0.3) is 0 Å². The Morgan fingerprint density at radius 2 is 1.69 bits per heavy atom. The molecule has 0 radical (unpaired) electrons. The zero-order valence-electron chi connectivity index (χ0n) is 15.7. The van der Waals surface area contributed by atoms with Crippen LogP contribution in [0, 0.1) is 13.8 Å². The zero-order valence-corrected chi connectivity index (χ0v) is 15.7. The second-order valence-corrected chi connectivity index (χ2v) is 6.42. The van der Waals surface area contributed by atoms with Crippen LogP contribution < -0.4 is 11.1 Å². The maximum atomic E-state index is 12.5. The summed E-state index contributed by atoms with van der Waals surface area (Å²) < 4.78 is 0. The lowest BCUT2D eigenvalue weighted by atomic mass is 10.1. The fourth-order valence-corrected chi connectivity index (χ4v) is 2.90. The van der Waals surface area contributed by atoms with E-state index in [1.165, 1.54) is 0 Å². The molecule has 0 saturated heterocycles. The van der Waals surface area contributed by atoms with Crippen LogP contribution in [0.25, 0.3) is 0 Å². The Morgan fingerprint density at radius 1 is 1.04 bits per heavy atom. The van der Waals surface area contributed by atoms with Crippen molar-refractivity contribution >= 4 is 23.2 Å². The van der Waals surface area contributed by atoms with Crippen LogP contribution in [0.2, 0.25) is 0 Å². The number of rotatable bonds is 7. The first-order chi connectivity index (χ1) is 12.4. The first-order valence-electron chi connectivity index (χ1n) is 8.89. The largest absolute Gasteiger partial charge is 0.399 e. The molecular weight excluding hydrogens is 326 g/mol. The summed E-state index contributed by atoms with van der Waals surface area (Å²) in [6, 6.07) is 13.4. The first kappa shape index (κ1) is 19.5. The number of benzene rings is 2. The average molecular weight is 353 g/mol. The Balaban J connectivity index is 1.94.